The van der Waals surface area contributed by atoms with Crippen LogP contribution in [0.5, 0.6) is 5.75 Å². The third kappa shape index (κ3) is 5.31. The number of carbonyl (C=O) groups is 1. The number of hydrogen-bond donors (Lipinski definition) is 1. The minimum Gasteiger partial charge on any atom is -0.493 e. The molecule has 0 aliphatic heterocycles. The summed E-state index contributed by atoms with van der Waals surface area (Å²) in [6.07, 6.45) is 1.41. The summed E-state index contributed by atoms with van der Waals surface area (Å²) in [6, 6.07) is 13.8. The topological polar surface area (TPSA) is 80.7 Å². The van der Waals surface area contributed by atoms with Crippen LogP contribution in [0.4, 0.5) is 0 Å². The van der Waals surface area contributed by atoms with E-state index in [1.165, 1.54) is 0 Å². The summed E-state index contributed by atoms with van der Waals surface area (Å²) in [6.45, 7) is 0.444. The first-order valence-electron chi connectivity index (χ1n) is 6.67. The second kappa shape index (κ2) is 7.20. The summed E-state index contributed by atoms with van der Waals surface area (Å²) in [4.78, 5) is 10.7. The molecule has 0 saturated heterocycles. The Hall–Kier alpha value is -2.18. The highest BCUT2D eigenvalue weighted by atomic mass is 32.2. The van der Waals surface area contributed by atoms with Crippen molar-refractivity contribution in [2.24, 2.45) is 0 Å². The lowest BCUT2D eigenvalue weighted by atomic mass is 10.1. The Morgan fingerprint density at radius 1 is 1.05 bits per heavy atom. The van der Waals surface area contributed by atoms with Crippen LogP contribution in [0.2, 0.25) is 0 Å². The van der Waals surface area contributed by atoms with E-state index in [2.05, 4.69) is 0 Å². The molecule has 0 aromatic heterocycles. The van der Waals surface area contributed by atoms with E-state index in [9.17, 15) is 13.2 Å². The van der Waals surface area contributed by atoms with Gasteiger partial charge in [-0.2, -0.15) is 8.42 Å². The lowest BCUT2D eigenvalue weighted by Gasteiger charge is -2.07. The number of benzene rings is 2. The van der Waals surface area contributed by atoms with Crippen molar-refractivity contribution in [2.75, 3.05) is 6.61 Å². The highest BCUT2D eigenvalue weighted by molar-refractivity contribution is 7.85. The van der Waals surface area contributed by atoms with Crippen LogP contribution in [0, 0.1) is 0 Å². The second-order valence-corrected chi connectivity index (χ2v) is 6.28. The van der Waals surface area contributed by atoms with Crippen LogP contribution < -0.4 is 4.74 Å². The maximum Gasteiger partial charge on any atom is 0.269 e. The van der Waals surface area contributed by atoms with Crippen LogP contribution in [-0.2, 0) is 22.3 Å². The summed E-state index contributed by atoms with van der Waals surface area (Å²) in [5.74, 6) is 0.245. The first-order valence-corrected chi connectivity index (χ1v) is 8.28. The summed E-state index contributed by atoms with van der Waals surface area (Å²) < 4.78 is 35.9. The Kier molecular flexibility index (Phi) is 5.30. The molecule has 2 rings (SSSR count). The van der Waals surface area contributed by atoms with E-state index in [1.54, 1.807) is 48.5 Å². The Balaban J connectivity index is 1.87. The van der Waals surface area contributed by atoms with Crippen LogP contribution >= 0.6 is 0 Å². The summed E-state index contributed by atoms with van der Waals surface area (Å²) in [5, 5.41) is 0. The van der Waals surface area contributed by atoms with Gasteiger partial charge in [0.1, 0.15) is 17.8 Å². The van der Waals surface area contributed by atoms with Crippen molar-refractivity contribution in [3.8, 4) is 5.75 Å². The fourth-order valence-corrected chi connectivity index (χ4v) is 2.59. The Morgan fingerprint density at radius 3 is 2.36 bits per heavy atom. The number of hydrogen-bond acceptors (Lipinski definition) is 4. The molecule has 0 saturated carbocycles. The molecule has 0 unspecified atom stereocenters. The molecule has 0 heterocycles. The summed E-state index contributed by atoms with van der Waals surface area (Å²) in [5.41, 5.74) is 2.09. The van der Waals surface area contributed by atoms with Crippen molar-refractivity contribution in [3.63, 3.8) is 0 Å². The molecule has 0 fully saturated rings. The van der Waals surface area contributed by atoms with E-state index >= 15 is 0 Å². The van der Waals surface area contributed by atoms with E-state index in [1.807, 2.05) is 0 Å². The Morgan fingerprint density at radius 2 is 1.73 bits per heavy atom. The predicted molar refractivity (Wildman–Crippen MR) is 82.7 cm³/mol. The molecule has 5 nitrogen and oxygen atoms in total. The molecular weight excluding hydrogens is 304 g/mol. The monoisotopic (exact) mass is 320 g/mol. The van der Waals surface area contributed by atoms with Crippen molar-refractivity contribution in [1.82, 2.24) is 0 Å². The molecule has 0 spiro atoms. The third-order valence-electron chi connectivity index (χ3n) is 3.03. The molecule has 0 aliphatic carbocycles. The second-order valence-electron chi connectivity index (χ2n) is 4.83. The lowest BCUT2D eigenvalue weighted by molar-refractivity contribution is 0.112. The third-order valence-corrected chi connectivity index (χ3v) is 3.72. The fraction of sp³-hybridized carbons (Fsp3) is 0.188. The highest BCUT2D eigenvalue weighted by Gasteiger charge is 2.06. The fourth-order valence-electron chi connectivity index (χ4n) is 1.98. The zero-order chi connectivity index (χ0) is 16.0. The van der Waals surface area contributed by atoms with Gasteiger partial charge in [0.2, 0.25) is 0 Å². The van der Waals surface area contributed by atoms with Gasteiger partial charge in [-0.3, -0.25) is 9.35 Å². The molecular formula is C16H16O5S. The van der Waals surface area contributed by atoms with Crippen molar-refractivity contribution >= 4 is 16.4 Å². The van der Waals surface area contributed by atoms with Gasteiger partial charge in [0, 0.05) is 12.0 Å². The molecule has 1 N–H and O–H groups in total. The lowest BCUT2D eigenvalue weighted by Crippen LogP contribution is -2.03. The van der Waals surface area contributed by atoms with Gasteiger partial charge in [-0.15, -0.1) is 0 Å². The van der Waals surface area contributed by atoms with Crippen LogP contribution in [0.1, 0.15) is 21.5 Å². The first kappa shape index (κ1) is 16.2. The minimum absolute atomic E-state index is 0.387. The van der Waals surface area contributed by atoms with Crippen molar-refractivity contribution < 1.29 is 22.5 Å². The van der Waals surface area contributed by atoms with Crippen molar-refractivity contribution in [1.29, 1.82) is 0 Å². The van der Waals surface area contributed by atoms with Gasteiger partial charge in [-0.1, -0.05) is 36.4 Å². The van der Waals surface area contributed by atoms with E-state index in [4.69, 9.17) is 9.29 Å². The normalized spacial score (nSPS) is 11.1. The van der Waals surface area contributed by atoms with Gasteiger partial charge in [0.05, 0.1) is 6.61 Å². The number of aldehydes is 1. The number of rotatable bonds is 7. The van der Waals surface area contributed by atoms with Gasteiger partial charge in [0.15, 0.2) is 0 Å². The molecule has 0 radical (unpaired) electrons. The van der Waals surface area contributed by atoms with E-state index in [0.717, 1.165) is 11.8 Å². The maximum absolute atomic E-state index is 10.8. The molecule has 0 aliphatic rings. The summed E-state index contributed by atoms with van der Waals surface area (Å²) >= 11 is 0. The maximum atomic E-state index is 10.8. The predicted octanol–water partition coefficient (Wildman–Crippen LogP) is 2.51. The van der Waals surface area contributed by atoms with Gasteiger partial charge < -0.3 is 4.74 Å². The van der Waals surface area contributed by atoms with E-state index in [0.29, 0.717) is 29.9 Å². The van der Waals surface area contributed by atoms with Gasteiger partial charge in [0.25, 0.3) is 10.1 Å². The average Bonchev–Trinajstić information content (AvgIpc) is 2.48. The number of ether oxygens (including phenoxy) is 1. The zero-order valence-corrected chi connectivity index (χ0v) is 12.6. The quantitative estimate of drug-likeness (QED) is 0.626. The van der Waals surface area contributed by atoms with E-state index < -0.39 is 10.1 Å². The van der Waals surface area contributed by atoms with Crippen molar-refractivity contribution in [2.45, 2.75) is 12.2 Å². The van der Waals surface area contributed by atoms with Crippen LogP contribution in [0.15, 0.2) is 48.5 Å². The van der Waals surface area contributed by atoms with Crippen LogP contribution in [0.3, 0.4) is 0 Å². The van der Waals surface area contributed by atoms with Gasteiger partial charge in [-0.25, -0.2) is 0 Å². The SMILES string of the molecule is O=Cc1cccc(OCCc2ccc(CS(=O)(=O)O)cc2)c1. The smallest absolute Gasteiger partial charge is 0.269 e. The first-order chi connectivity index (χ1) is 10.5. The molecule has 6 heteroatoms. The average molecular weight is 320 g/mol. The molecule has 22 heavy (non-hydrogen) atoms. The molecule has 0 amide bonds. The van der Waals surface area contributed by atoms with Gasteiger partial charge in [-0.05, 0) is 23.3 Å². The summed E-state index contributed by atoms with van der Waals surface area (Å²) in [7, 11) is -4.00. The molecule has 0 atom stereocenters. The van der Waals surface area contributed by atoms with E-state index in [-0.39, 0.29) is 5.75 Å². The molecule has 2 aromatic carbocycles. The highest BCUT2D eigenvalue weighted by Crippen LogP contribution is 2.13. The number of carbonyl (C=O) groups excluding carboxylic acids is 1. The van der Waals surface area contributed by atoms with Crippen LogP contribution in [-0.4, -0.2) is 25.9 Å². The van der Waals surface area contributed by atoms with Gasteiger partial charge >= 0.3 is 0 Å². The van der Waals surface area contributed by atoms with Crippen molar-refractivity contribution in [3.05, 3.63) is 65.2 Å². The Bertz CT molecular complexity index is 735. The molecule has 2 aromatic rings. The molecule has 116 valence electrons. The standard InChI is InChI=1S/C16H16O5S/c17-11-15-2-1-3-16(10-15)21-9-8-13-4-6-14(7-5-13)12-22(18,19)20/h1-7,10-11H,8-9,12H2,(H,18,19,20). The largest absolute Gasteiger partial charge is 0.493 e. The molecule has 0 bridgehead atoms. The minimum atomic E-state index is -4.00. The zero-order valence-electron chi connectivity index (χ0n) is 11.8. The van der Waals surface area contributed by atoms with Crippen LogP contribution in [0.25, 0.3) is 0 Å². The Labute approximate surface area is 129 Å².